The number of rotatable bonds is 7. The molecule has 4 nitrogen and oxygen atoms in total. The summed E-state index contributed by atoms with van der Waals surface area (Å²) < 4.78 is 0. The highest BCUT2D eigenvalue weighted by molar-refractivity contribution is 7.99. The highest BCUT2D eigenvalue weighted by Crippen LogP contribution is 2.23. The molecule has 0 heterocycles. The van der Waals surface area contributed by atoms with Crippen molar-refractivity contribution in [2.24, 2.45) is 0 Å². The van der Waals surface area contributed by atoms with E-state index in [0.717, 1.165) is 4.90 Å². The number of nitriles is 1. The topological polar surface area (TPSA) is 64.3 Å². The van der Waals surface area contributed by atoms with Crippen molar-refractivity contribution in [3.05, 3.63) is 29.8 Å². The van der Waals surface area contributed by atoms with Crippen LogP contribution in [0.2, 0.25) is 0 Å². The molecular weight excluding hydrogens is 260 g/mol. The van der Waals surface area contributed by atoms with Gasteiger partial charge >= 0.3 is 0 Å². The molecule has 1 aromatic rings. The van der Waals surface area contributed by atoms with E-state index in [1.165, 1.54) is 11.8 Å². The monoisotopic (exact) mass is 278 g/mol. The molecule has 0 aliphatic rings. The zero-order chi connectivity index (χ0) is 14.1. The first-order valence-electron chi connectivity index (χ1n) is 6.23. The van der Waals surface area contributed by atoms with Crippen LogP contribution < -0.4 is 0 Å². The van der Waals surface area contributed by atoms with Gasteiger partial charge in [-0.25, -0.2) is 0 Å². The van der Waals surface area contributed by atoms with Crippen LogP contribution in [-0.2, 0) is 0 Å². The van der Waals surface area contributed by atoms with E-state index in [1.807, 2.05) is 25.1 Å². The van der Waals surface area contributed by atoms with Crippen molar-refractivity contribution < 1.29 is 9.90 Å². The molecule has 1 aromatic carbocycles. The number of hydrogen-bond donors (Lipinski definition) is 1. The van der Waals surface area contributed by atoms with Crippen LogP contribution in [-0.4, -0.2) is 41.4 Å². The van der Waals surface area contributed by atoms with Gasteiger partial charge in [0.05, 0.1) is 17.4 Å². The maximum Gasteiger partial charge on any atom is 0.254 e. The third-order valence-corrected chi connectivity index (χ3v) is 3.61. The van der Waals surface area contributed by atoms with E-state index in [2.05, 4.69) is 6.07 Å². The molecule has 0 bridgehead atoms. The van der Waals surface area contributed by atoms with Gasteiger partial charge in [0.25, 0.3) is 5.91 Å². The van der Waals surface area contributed by atoms with Crippen LogP contribution in [0.3, 0.4) is 0 Å². The molecule has 0 saturated carbocycles. The largest absolute Gasteiger partial charge is 0.396 e. The molecule has 1 rings (SSSR count). The van der Waals surface area contributed by atoms with E-state index in [1.54, 1.807) is 11.0 Å². The second kappa shape index (κ2) is 8.57. The molecule has 5 heteroatoms. The van der Waals surface area contributed by atoms with Crippen LogP contribution in [0, 0.1) is 11.3 Å². The molecule has 0 atom stereocenters. The molecule has 19 heavy (non-hydrogen) atoms. The third kappa shape index (κ3) is 4.58. The summed E-state index contributed by atoms with van der Waals surface area (Å²) in [5, 5.41) is 17.5. The van der Waals surface area contributed by atoms with Gasteiger partial charge in [0.1, 0.15) is 0 Å². The van der Waals surface area contributed by atoms with E-state index >= 15 is 0 Å². The zero-order valence-corrected chi connectivity index (χ0v) is 11.8. The van der Waals surface area contributed by atoms with Crippen molar-refractivity contribution in [3.8, 4) is 6.07 Å². The normalized spacial score (nSPS) is 9.95. The Morgan fingerprint density at radius 2 is 2.21 bits per heavy atom. The molecule has 102 valence electrons. The van der Waals surface area contributed by atoms with Gasteiger partial charge in [-0.1, -0.05) is 12.1 Å². The summed E-state index contributed by atoms with van der Waals surface area (Å²) >= 11 is 1.37. The quantitative estimate of drug-likeness (QED) is 0.776. The lowest BCUT2D eigenvalue weighted by Crippen LogP contribution is -2.32. The Morgan fingerprint density at radius 3 is 2.84 bits per heavy atom. The van der Waals surface area contributed by atoms with Gasteiger partial charge in [-0.2, -0.15) is 5.26 Å². The summed E-state index contributed by atoms with van der Waals surface area (Å²) in [5.74, 6) is 0.282. The molecular formula is C14H18N2O2S. The van der Waals surface area contributed by atoms with E-state index < -0.39 is 0 Å². The summed E-state index contributed by atoms with van der Waals surface area (Å²) in [6.45, 7) is 3.15. The second-order valence-corrected chi connectivity index (χ2v) is 4.92. The van der Waals surface area contributed by atoms with Crippen LogP contribution in [0.4, 0.5) is 0 Å². The Hall–Kier alpha value is -1.51. The van der Waals surface area contributed by atoms with Gasteiger partial charge in [0.2, 0.25) is 0 Å². The van der Waals surface area contributed by atoms with Gasteiger partial charge in [0, 0.05) is 24.6 Å². The lowest BCUT2D eigenvalue weighted by molar-refractivity contribution is 0.0751. The Labute approximate surface area is 118 Å². The lowest BCUT2D eigenvalue weighted by Gasteiger charge is -2.21. The Kier molecular flexibility index (Phi) is 7.01. The second-order valence-electron chi connectivity index (χ2n) is 3.90. The maximum atomic E-state index is 12.4. The molecule has 0 aromatic heterocycles. The number of carbonyl (C=O) groups is 1. The number of thioether (sulfide) groups is 1. The molecule has 0 saturated heterocycles. The van der Waals surface area contributed by atoms with Crippen LogP contribution >= 0.6 is 11.8 Å². The number of carbonyl (C=O) groups excluding carboxylic acids is 1. The van der Waals surface area contributed by atoms with Crippen LogP contribution in [0.1, 0.15) is 23.7 Å². The summed E-state index contributed by atoms with van der Waals surface area (Å²) in [4.78, 5) is 15.0. The predicted octanol–water partition coefficient (Wildman–Crippen LogP) is 2.15. The summed E-state index contributed by atoms with van der Waals surface area (Å²) in [6.07, 6.45) is 0.576. The standard InChI is InChI=1S/C14H18N2O2S/c1-2-16(9-5-10-17)14(18)12-6-3-4-7-13(12)19-11-8-15/h3-4,6-7,17H,2,5,9-11H2,1H3. The van der Waals surface area contributed by atoms with Gasteiger partial charge in [-0.3, -0.25) is 4.79 Å². The molecule has 0 radical (unpaired) electrons. The van der Waals surface area contributed by atoms with Gasteiger partial charge in [-0.15, -0.1) is 11.8 Å². The molecule has 0 fully saturated rings. The van der Waals surface area contributed by atoms with E-state index in [4.69, 9.17) is 10.4 Å². The first-order chi connectivity index (χ1) is 9.24. The Morgan fingerprint density at radius 1 is 1.47 bits per heavy atom. The fraction of sp³-hybridized carbons (Fsp3) is 0.429. The van der Waals surface area contributed by atoms with Crippen LogP contribution in [0.25, 0.3) is 0 Å². The number of amides is 1. The minimum Gasteiger partial charge on any atom is -0.396 e. The first-order valence-corrected chi connectivity index (χ1v) is 7.22. The molecule has 0 aliphatic heterocycles. The van der Waals surface area contributed by atoms with Crippen molar-refractivity contribution in [1.29, 1.82) is 5.26 Å². The average Bonchev–Trinajstić information content (AvgIpc) is 2.46. The Balaban J connectivity index is 2.88. The summed E-state index contributed by atoms with van der Waals surface area (Å²) in [5.41, 5.74) is 0.627. The zero-order valence-electron chi connectivity index (χ0n) is 11.0. The van der Waals surface area contributed by atoms with Crippen molar-refractivity contribution in [2.75, 3.05) is 25.4 Å². The van der Waals surface area contributed by atoms with Crippen molar-refractivity contribution in [2.45, 2.75) is 18.2 Å². The SMILES string of the molecule is CCN(CCCO)C(=O)c1ccccc1SCC#N. The fourth-order valence-corrected chi connectivity index (χ4v) is 2.42. The van der Waals surface area contributed by atoms with Gasteiger partial charge in [-0.05, 0) is 25.5 Å². The minimum absolute atomic E-state index is 0.0445. The van der Waals surface area contributed by atoms with E-state index in [0.29, 0.717) is 30.8 Å². The molecule has 0 aliphatic carbocycles. The highest BCUT2D eigenvalue weighted by Gasteiger charge is 2.17. The number of nitrogens with zero attached hydrogens (tertiary/aromatic N) is 2. The third-order valence-electron chi connectivity index (χ3n) is 2.66. The van der Waals surface area contributed by atoms with Crippen molar-refractivity contribution in [3.63, 3.8) is 0 Å². The molecule has 1 N–H and O–H groups in total. The lowest BCUT2D eigenvalue weighted by atomic mass is 10.2. The maximum absolute atomic E-state index is 12.4. The molecule has 1 amide bonds. The minimum atomic E-state index is -0.0445. The fourth-order valence-electron chi connectivity index (χ4n) is 1.71. The first kappa shape index (κ1) is 15.5. The summed E-state index contributed by atoms with van der Waals surface area (Å²) in [7, 11) is 0. The van der Waals surface area contributed by atoms with E-state index in [-0.39, 0.29) is 12.5 Å². The summed E-state index contributed by atoms with van der Waals surface area (Å²) in [6, 6.07) is 9.39. The number of aliphatic hydroxyl groups is 1. The van der Waals surface area contributed by atoms with E-state index in [9.17, 15) is 4.79 Å². The average molecular weight is 278 g/mol. The van der Waals surface area contributed by atoms with Crippen LogP contribution in [0.5, 0.6) is 0 Å². The number of aliphatic hydroxyl groups excluding tert-OH is 1. The number of benzene rings is 1. The van der Waals surface area contributed by atoms with Gasteiger partial charge in [0.15, 0.2) is 0 Å². The highest BCUT2D eigenvalue weighted by atomic mass is 32.2. The Bertz CT molecular complexity index is 457. The van der Waals surface area contributed by atoms with Gasteiger partial charge < -0.3 is 10.0 Å². The molecule has 0 unspecified atom stereocenters. The molecule has 0 spiro atoms. The number of hydrogen-bond acceptors (Lipinski definition) is 4. The van der Waals surface area contributed by atoms with Crippen molar-refractivity contribution in [1.82, 2.24) is 4.90 Å². The van der Waals surface area contributed by atoms with Crippen molar-refractivity contribution >= 4 is 17.7 Å². The van der Waals surface area contributed by atoms with Crippen LogP contribution in [0.15, 0.2) is 29.2 Å². The predicted molar refractivity (Wildman–Crippen MR) is 76.1 cm³/mol. The smallest absolute Gasteiger partial charge is 0.254 e.